The van der Waals surface area contributed by atoms with Crippen LogP contribution in [0.25, 0.3) is 0 Å². The van der Waals surface area contributed by atoms with Gasteiger partial charge in [0.05, 0.1) is 0 Å². The number of carbonyl (C=O) groups excluding carboxylic acids is 1. The zero-order chi connectivity index (χ0) is 14.5. The Morgan fingerprint density at radius 1 is 1.26 bits per heavy atom. The minimum absolute atomic E-state index is 0.0763. The first-order chi connectivity index (χ1) is 9.15. The van der Waals surface area contributed by atoms with Crippen LogP contribution in [0.15, 0.2) is 12.2 Å². The van der Waals surface area contributed by atoms with Gasteiger partial charge >= 0.3 is 0 Å². The molecule has 0 aliphatic carbocycles. The van der Waals surface area contributed by atoms with Crippen LogP contribution >= 0.6 is 0 Å². The molecule has 1 unspecified atom stereocenters. The Balaban J connectivity index is 3.89. The van der Waals surface area contributed by atoms with Crippen molar-refractivity contribution in [1.29, 1.82) is 5.26 Å². The summed E-state index contributed by atoms with van der Waals surface area (Å²) in [5.41, 5.74) is -0.0763. The molecule has 4 heteroatoms. The summed E-state index contributed by atoms with van der Waals surface area (Å²) in [5, 5.41) is 11.3. The molecule has 108 valence electrons. The molecule has 0 spiro atoms. The van der Waals surface area contributed by atoms with Crippen molar-refractivity contribution < 1.29 is 9.53 Å². The Labute approximate surface area is 116 Å². The van der Waals surface area contributed by atoms with Crippen molar-refractivity contribution in [3.63, 3.8) is 0 Å². The summed E-state index contributed by atoms with van der Waals surface area (Å²) in [6.45, 7) is 8.01. The molecule has 0 rings (SSSR count). The number of carbonyl (C=O) groups is 1. The minimum Gasteiger partial charge on any atom is -0.359 e. The molecule has 0 radical (unpaired) electrons. The highest BCUT2D eigenvalue weighted by atomic mass is 16.5. The molecule has 0 saturated carbocycles. The fraction of sp³-hybridized carbons (Fsp3) is 0.733. The highest BCUT2D eigenvalue weighted by Crippen LogP contribution is 2.09. The smallest absolute Gasteiger partial charge is 0.263 e. The molecule has 4 nitrogen and oxygen atoms in total. The molecule has 0 fully saturated rings. The van der Waals surface area contributed by atoms with Crippen molar-refractivity contribution in [2.45, 2.75) is 65.0 Å². The second-order valence-corrected chi connectivity index (χ2v) is 4.56. The number of unbranched alkanes of at least 4 members (excludes halogenated alkanes) is 5. The van der Waals surface area contributed by atoms with Gasteiger partial charge in [0.1, 0.15) is 17.9 Å². The Morgan fingerprint density at radius 3 is 2.47 bits per heavy atom. The maximum Gasteiger partial charge on any atom is 0.263 e. The van der Waals surface area contributed by atoms with Crippen LogP contribution in [0.3, 0.4) is 0 Å². The van der Waals surface area contributed by atoms with Crippen molar-refractivity contribution in [3.05, 3.63) is 12.2 Å². The van der Waals surface area contributed by atoms with E-state index in [9.17, 15) is 4.79 Å². The van der Waals surface area contributed by atoms with Gasteiger partial charge in [-0.1, -0.05) is 45.6 Å². The number of hydrogen-bond acceptors (Lipinski definition) is 3. The third kappa shape index (κ3) is 9.26. The van der Waals surface area contributed by atoms with Crippen molar-refractivity contribution in [2.24, 2.45) is 0 Å². The predicted molar refractivity (Wildman–Crippen MR) is 76.3 cm³/mol. The molecule has 0 aliphatic rings. The molecular formula is C15H26N2O2. The molecule has 1 N–H and O–H groups in total. The Bertz CT molecular complexity index is 308. The zero-order valence-electron chi connectivity index (χ0n) is 12.2. The summed E-state index contributed by atoms with van der Waals surface area (Å²) >= 11 is 0. The molecule has 1 amide bonds. The Kier molecular flexibility index (Phi) is 10.9. The fourth-order valence-electron chi connectivity index (χ4n) is 1.79. The largest absolute Gasteiger partial charge is 0.359 e. The lowest BCUT2D eigenvalue weighted by Gasteiger charge is -2.18. The van der Waals surface area contributed by atoms with Gasteiger partial charge in [-0.05, 0) is 19.8 Å². The van der Waals surface area contributed by atoms with Gasteiger partial charge in [-0.15, -0.1) is 0 Å². The van der Waals surface area contributed by atoms with E-state index in [1.165, 1.54) is 25.7 Å². The lowest BCUT2D eigenvalue weighted by Crippen LogP contribution is -2.37. The first-order valence-corrected chi connectivity index (χ1v) is 7.17. The summed E-state index contributed by atoms with van der Waals surface area (Å²) in [4.78, 5) is 11.5. The van der Waals surface area contributed by atoms with Gasteiger partial charge in [-0.3, -0.25) is 4.79 Å². The zero-order valence-corrected chi connectivity index (χ0v) is 12.2. The molecule has 1 atom stereocenters. The molecule has 0 bridgehead atoms. The third-order valence-electron chi connectivity index (χ3n) is 2.89. The quantitative estimate of drug-likeness (QED) is 0.270. The van der Waals surface area contributed by atoms with E-state index in [1.54, 1.807) is 6.07 Å². The molecule has 0 saturated heterocycles. The molecule has 0 aliphatic heterocycles. The topological polar surface area (TPSA) is 62.1 Å². The minimum atomic E-state index is -0.438. The van der Waals surface area contributed by atoms with Crippen LogP contribution in [-0.2, 0) is 9.53 Å². The van der Waals surface area contributed by atoms with Crippen molar-refractivity contribution in [3.8, 4) is 6.07 Å². The first-order valence-electron chi connectivity index (χ1n) is 7.17. The SMILES string of the molecule is C=C(C#N)C(=O)NC(CCCCCCCC)OCC. The average Bonchev–Trinajstić information content (AvgIpc) is 2.41. The van der Waals surface area contributed by atoms with E-state index < -0.39 is 5.91 Å². The van der Waals surface area contributed by atoms with Crippen molar-refractivity contribution in [1.82, 2.24) is 5.32 Å². The van der Waals surface area contributed by atoms with Gasteiger partial charge in [0.15, 0.2) is 0 Å². The van der Waals surface area contributed by atoms with E-state index in [-0.39, 0.29) is 11.8 Å². The Morgan fingerprint density at radius 2 is 1.89 bits per heavy atom. The van der Waals surface area contributed by atoms with E-state index in [2.05, 4.69) is 18.8 Å². The van der Waals surface area contributed by atoms with Gasteiger partial charge in [-0.25, -0.2) is 0 Å². The predicted octanol–water partition coefficient (Wildman–Crippen LogP) is 3.30. The number of hydrogen-bond donors (Lipinski definition) is 1. The first kappa shape index (κ1) is 17.7. The molecule has 0 aromatic heterocycles. The summed E-state index contributed by atoms with van der Waals surface area (Å²) in [7, 11) is 0. The van der Waals surface area contributed by atoms with Crippen LogP contribution in [0.2, 0.25) is 0 Å². The average molecular weight is 266 g/mol. The monoisotopic (exact) mass is 266 g/mol. The number of ether oxygens (including phenoxy) is 1. The van der Waals surface area contributed by atoms with E-state index in [4.69, 9.17) is 10.00 Å². The molecule has 0 aromatic carbocycles. The van der Waals surface area contributed by atoms with E-state index in [1.807, 2.05) is 6.92 Å². The number of nitrogens with zero attached hydrogens (tertiary/aromatic N) is 1. The van der Waals surface area contributed by atoms with Gasteiger partial charge in [0.2, 0.25) is 0 Å². The maximum atomic E-state index is 11.5. The van der Waals surface area contributed by atoms with Gasteiger partial charge in [0.25, 0.3) is 5.91 Å². The normalized spacial score (nSPS) is 11.6. The van der Waals surface area contributed by atoms with Gasteiger partial charge < -0.3 is 10.1 Å². The van der Waals surface area contributed by atoms with E-state index in [0.717, 1.165) is 19.3 Å². The van der Waals surface area contributed by atoms with Gasteiger partial charge in [0, 0.05) is 6.61 Å². The van der Waals surface area contributed by atoms with Crippen molar-refractivity contribution >= 4 is 5.91 Å². The van der Waals surface area contributed by atoms with Crippen LogP contribution in [0.5, 0.6) is 0 Å². The third-order valence-corrected chi connectivity index (χ3v) is 2.89. The summed E-state index contributed by atoms with van der Waals surface area (Å²) < 4.78 is 5.45. The number of amides is 1. The Hall–Kier alpha value is -1.34. The number of nitriles is 1. The molecule has 0 heterocycles. The second-order valence-electron chi connectivity index (χ2n) is 4.56. The van der Waals surface area contributed by atoms with Crippen LogP contribution < -0.4 is 5.32 Å². The summed E-state index contributed by atoms with van der Waals surface area (Å²) in [6.07, 6.45) is 7.67. The van der Waals surface area contributed by atoms with Crippen LogP contribution in [0.4, 0.5) is 0 Å². The fourth-order valence-corrected chi connectivity index (χ4v) is 1.79. The molecule has 0 aromatic rings. The van der Waals surface area contributed by atoms with Gasteiger partial charge in [-0.2, -0.15) is 5.26 Å². The second kappa shape index (κ2) is 11.7. The lowest BCUT2D eigenvalue weighted by atomic mass is 10.1. The van der Waals surface area contributed by atoms with E-state index in [0.29, 0.717) is 6.61 Å². The van der Waals surface area contributed by atoms with Crippen molar-refractivity contribution in [2.75, 3.05) is 6.61 Å². The highest BCUT2D eigenvalue weighted by molar-refractivity contribution is 5.96. The van der Waals surface area contributed by atoms with Crippen LogP contribution in [-0.4, -0.2) is 18.7 Å². The molecule has 19 heavy (non-hydrogen) atoms. The lowest BCUT2D eigenvalue weighted by molar-refractivity contribution is -0.121. The summed E-state index contributed by atoms with van der Waals surface area (Å²) in [6, 6.07) is 1.74. The van der Waals surface area contributed by atoms with E-state index >= 15 is 0 Å². The standard InChI is InChI=1S/C15H26N2O2/c1-4-6-7-8-9-10-11-14(19-5-2)17-15(18)13(3)12-16/h14H,3-11H2,1-2H3,(H,17,18). The van der Waals surface area contributed by atoms with Crippen LogP contribution in [0.1, 0.15) is 58.8 Å². The maximum absolute atomic E-state index is 11.5. The number of nitrogens with one attached hydrogen (secondary N) is 1. The summed E-state index contributed by atoms with van der Waals surface area (Å²) in [5.74, 6) is -0.438. The number of rotatable bonds is 11. The van der Waals surface area contributed by atoms with Crippen LogP contribution in [0, 0.1) is 11.3 Å². The highest BCUT2D eigenvalue weighted by Gasteiger charge is 2.13. The molecular weight excluding hydrogens is 240 g/mol.